The van der Waals surface area contributed by atoms with Gasteiger partial charge in [0, 0.05) is 45.3 Å². The first-order valence-electron chi connectivity index (χ1n) is 15.4. The molecule has 3 aliphatic rings. The number of halogens is 8. The van der Waals surface area contributed by atoms with E-state index in [4.69, 9.17) is 27.9 Å². The van der Waals surface area contributed by atoms with E-state index in [1.807, 2.05) is 0 Å². The molecule has 2 saturated heterocycles. The van der Waals surface area contributed by atoms with Gasteiger partial charge in [0.05, 0.1) is 40.7 Å². The van der Waals surface area contributed by atoms with Crippen molar-refractivity contribution in [2.75, 3.05) is 52.4 Å². The lowest BCUT2D eigenvalue weighted by Gasteiger charge is -2.45. The van der Waals surface area contributed by atoms with Gasteiger partial charge in [0.1, 0.15) is 5.60 Å². The Morgan fingerprint density at radius 3 is 2.09 bits per heavy atom. The monoisotopic (exact) mass is 679 g/mol. The van der Waals surface area contributed by atoms with Crippen LogP contribution in [0.4, 0.5) is 26.3 Å². The van der Waals surface area contributed by atoms with Gasteiger partial charge in [-0.25, -0.2) is 0 Å². The maximum absolute atomic E-state index is 13.5. The normalized spacial score (nSPS) is 23.0. The Labute approximate surface area is 269 Å². The second kappa shape index (κ2) is 14.0. The standard InChI is InChI=1S/C32H37Cl2F6N3O2/c33-27-7-6-23(20-28(27)34)30(8-9-41-10-12-42(13-11-41)26-4-2-1-3-5-26)21-43(14-15-45-30)29(44)18-22-16-24(31(35,36)37)19-25(17-22)32(38,39)40/h6-7,16-17,19-20,26H,1-5,8-15,18,21H2. The van der Waals surface area contributed by atoms with Gasteiger partial charge in [-0.3, -0.25) is 9.69 Å². The van der Waals surface area contributed by atoms with E-state index in [1.54, 1.807) is 18.2 Å². The Balaban J connectivity index is 1.32. The number of amides is 1. The molecular formula is C32H37Cl2F6N3O2. The second-order valence-electron chi connectivity index (χ2n) is 12.3. The van der Waals surface area contributed by atoms with Crippen LogP contribution in [-0.4, -0.2) is 79.1 Å². The predicted molar refractivity (Wildman–Crippen MR) is 160 cm³/mol. The molecule has 1 unspecified atom stereocenters. The van der Waals surface area contributed by atoms with Crippen LogP contribution in [0.25, 0.3) is 0 Å². The Morgan fingerprint density at radius 1 is 0.844 bits per heavy atom. The van der Waals surface area contributed by atoms with Gasteiger partial charge in [0.25, 0.3) is 0 Å². The number of carbonyl (C=O) groups is 1. The van der Waals surface area contributed by atoms with E-state index in [1.165, 1.54) is 37.0 Å². The molecule has 45 heavy (non-hydrogen) atoms. The van der Waals surface area contributed by atoms with Crippen molar-refractivity contribution in [1.82, 2.24) is 14.7 Å². The Hall–Kier alpha value is -2.05. The van der Waals surface area contributed by atoms with Crippen molar-refractivity contribution in [3.8, 4) is 0 Å². The zero-order valence-electron chi connectivity index (χ0n) is 24.8. The Kier molecular flexibility index (Phi) is 10.6. The summed E-state index contributed by atoms with van der Waals surface area (Å²) in [4.78, 5) is 19.9. The highest BCUT2D eigenvalue weighted by Crippen LogP contribution is 2.39. The summed E-state index contributed by atoms with van der Waals surface area (Å²) < 4.78 is 86.9. The number of ether oxygens (including phenoxy) is 1. The summed E-state index contributed by atoms with van der Waals surface area (Å²) in [5, 5.41) is 0.661. The summed E-state index contributed by atoms with van der Waals surface area (Å²) in [5.74, 6) is -0.587. The summed E-state index contributed by atoms with van der Waals surface area (Å²) in [5.41, 5.74) is -3.54. The molecule has 0 N–H and O–H groups in total. The number of hydrogen-bond donors (Lipinski definition) is 0. The highest BCUT2D eigenvalue weighted by atomic mass is 35.5. The molecule has 3 fully saturated rings. The van der Waals surface area contributed by atoms with E-state index in [-0.39, 0.29) is 31.3 Å². The predicted octanol–water partition coefficient (Wildman–Crippen LogP) is 7.67. The van der Waals surface area contributed by atoms with Crippen molar-refractivity contribution < 1.29 is 35.9 Å². The molecule has 5 rings (SSSR count). The van der Waals surface area contributed by atoms with Crippen molar-refractivity contribution in [3.05, 3.63) is 68.7 Å². The lowest BCUT2D eigenvalue weighted by atomic mass is 9.87. The molecule has 1 saturated carbocycles. The van der Waals surface area contributed by atoms with E-state index >= 15 is 0 Å². The average molecular weight is 681 g/mol. The zero-order valence-corrected chi connectivity index (χ0v) is 26.3. The Bertz CT molecular complexity index is 1310. The highest BCUT2D eigenvalue weighted by Gasteiger charge is 2.42. The number of morpholine rings is 1. The van der Waals surface area contributed by atoms with Crippen LogP contribution < -0.4 is 0 Å². The molecule has 248 valence electrons. The van der Waals surface area contributed by atoms with Crippen LogP contribution in [0.15, 0.2) is 36.4 Å². The van der Waals surface area contributed by atoms with Crippen LogP contribution in [0.1, 0.15) is 60.8 Å². The second-order valence-corrected chi connectivity index (χ2v) is 13.1. The molecule has 5 nitrogen and oxygen atoms in total. The van der Waals surface area contributed by atoms with Gasteiger partial charge in [0.2, 0.25) is 5.91 Å². The van der Waals surface area contributed by atoms with Crippen molar-refractivity contribution in [3.63, 3.8) is 0 Å². The lowest BCUT2D eigenvalue weighted by Crippen LogP contribution is -2.55. The first-order chi connectivity index (χ1) is 21.2. The van der Waals surface area contributed by atoms with Gasteiger partial charge >= 0.3 is 12.4 Å². The number of benzene rings is 2. The van der Waals surface area contributed by atoms with Gasteiger partial charge in [-0.1, -0.05) is 48.5 Å². The third-order valence-corrected chi connectivity index (χ3v) is 10.1. The van der Waals surface area contributed by atoms with E-state index in [0.717, 1.165) is 26.2 Å². The molecule has 1 amide bonds. The molecule has 1 aliphatic carbocycles. The third kappa shape index (κ3) is 8.46. The van der Waals surface area contributed by atoms with Crippen LogP contribution in [0.3, 0.4) is 0 Å². The third-order valence-electron chi connectivity index (χ3n) is 9.32. The van der Waals surface area contributed by atoms with Gasteiger partial charge in [-0.15, -0.1) is 0 Å². The van der Waals surface area contributed by atoms with E-state index in [9.17, 15) is 31.1 Å². The lowest BCUT2D eigenvalue weighted by molar-refractivity contribution is -0.155. The maximum Gasteiger partial charge on any atom is 0.416 e. The van der Waals surface area contributed by atoms with Crippen molar-refractivity contribution >= 4 is 29.1 Å². The number of carbonyl (C=O) groups excluding carboxylic acids is 1. The van der Waals surface area contributed by atoms with Crippen molar-refractivity contribution in [2.24, 2.45) is 0 Å². The van der Waals surface area contributed by atoms with Gasteiger partial charge in [-0.05, 0) is 60.7 Å². The molecule has 0 spiro atoms. The molecule has 2 heterocycles. The molecular weight excluding hydrogens is 643 g/mol. The van der Waals surface area contributed by atoms with Crippen LogP contribution in [-0.2, 0) is 33.9 Å². The summed E-state index contributed by atoms with van der Waals surface area (Å²) >= 11 is 12.6. The molecule has 0 bridgehead atoms. The van der Waals surface area contributed by atoms with Crippen LogP contribution in [0, 0.1) is 0 Å². The Morgan fingerprint density at radius 2 is 1.49 bits per heavy atom. The first kappa shape index (κ1) is 34.3. The van der Waals surface area contributed by atoms with E-state index in [0.29, 0.717) is 46.7 Å². The zero-order chi connectivity index (χ0) is 32.4. The van der Waals surface area contributed by atoms with Gasteiger partial charge < -0.3 is 14.5 Å². The largest absolute Gasteiger partial charge is 0.416 e. The molecule has 2 aliphatic heterocycles. The minimum atomic E-state index is -5.00. The fourth-order valence-electron chi connectivity index (χ4n) is 6.79. The minimum Gasteiger partial charge on any atom is -0.367 e. The fraction of sp³-hybridized carbons (Fsp3) is 0.594. The number of piperazine rings is 1. The highest BCUT2D eigenvalue weighted by molar-refractivity contribution is 6.42. The van der Waals surface area contributed by atoms with Crippen LogP contribution >= 0.6 is 23.2 Å². The van der Waals surface area contributed by atoms with Gasteiger partial charge in [-0.2, -0.15) is 26.3 Å². The van der Waals surface area contributed by atoms with Gasteiger partial charge in [0.15, 0.2) is 0 Å². The molecule has 1 atom stereocenters. The summed E-state index contributed by atoms with van der Waals surface area (Å²) in [7, 11) is 0. The molecule has 2 aromatic rings. The summed E-state index contributed by atoms with van der Waals surface area (Å²) in [6.45, 7) is 4.77. The smallest absolute Gasteiger partial charge is 0.367 e. The first-order valence-corrected chi connectivity index (χ1v) is 16.1. The fourth-order valence-corrected chi connectivity index (χ4v) is 7.09. The minimum absolute atomic E-state index is 0.0625. The number of hydrogen-bond acceptors (Lipinski definition) is 4. The summed E-state index contributed by atoms with van der Waals surface area (Å²) in [6.07, 6.45) is -3.76. The molecule has 0 radical (unpaired) electrons. The van der Waals surface area contributed by atoms with E-state index in [2.05, 4.69) is 9.80 Å². The number of rotatable bonds is 7. The van der Waals surface area contributed by atoms with E-state index < -0.39 is 41.4 Å². The quantitative estimate of drug-likeness (QED) is 0.282. The number of nitrogens with zero attached hydrogens (tertiary/aromatic N) is 3. The van der Waals surface area contributed by atoms with Crippen molar-refractivity contribution in [1.29, 1.82) is 0 Å². The van der Waals surface area contributed by atoms with Crippen LogP contribution in [0.2, 0.25) is 10.0 Å². The topological polar surface area (TPSA) is 36.0 Å². The maximum atomic E-state index is 13.5. The molecule has 2 aromatic carbocycles. The SMILES string of the molecule is O=C(Cc1cc(C(F)(F)F)cc(C(F)(F)F)c1)N1CCOC(CCN2CCN(C3CCCCC3)CC2)(c2ccc(Cl)c(Cl)c2)C1. The average Bonchev–Trinajstić information content (AvgIpc) is 3.01. The van der Waals surface area contributed by atoms with Crippen molar-refractivity contribution in [2.45, 2.75) is 68.9 Å². The molecule has 0 aromatic heterocycles. The number of alkyl halides is 6. The molecule has 13 heteroatoms. The van der Waals surface area contributed by atoms with Crippen LogP contribution in [0.5, 0.6) is 0 Å². The summed E-state index contributed by atoms with van der Waals surface area (Å²) in [6, 6.07) is 7.04.